The van der Waals surface area contributed by atoms with Crippen molar-refractivity contribution in [3.05, 3.63) is 41.7 Å². The van der Waals surface area contributed by atoms with Crippen LogP contribution in [0.5, 0.6) is 0 Å². The Morgan fingerprint density at radius 2 is 2.17 bits per heavy atom. The molecule has 0 unspecified atom stereocenters. The predicted molar refractivity (Wildman–Crippen MR) is 70.5 cm³/mol. The Hall–Kier alpha value is -1.66. The molecule has 5 nitrogen and oxygen atoms in total. The molecule has 0 atom stereocenters. The summed E-state index contributed by atoms with van der Waals surface area (Å²) in [6.07, 6.45) is 4.84. The lowest BCUT2D eigenvalue weighted by Crippen LogP contribution is -1.88. The van der Waals surface area contributed by atoms with Gasteiger partial charge in [0, 0.05) is 11.9 Å². The van der Waals surface area contributed by atoms with E-state index in [0.717, 1.165) is 21.9 Å². The van der Waals surface area contributed by atoms with Gasteiger partial charge in [0.1, 0.15) is 22.0 Å². The molecule has 0 aliphatic rings. The third-order valence-electron chi connectivity index (χ3n) is 2.35. The summed E-state index contributed by atoms with van der Waals surface area (Å²) >= 11 is 7.45. The van der Waals surface area contributed by atoms with Gasteiger partial charge < -0.3 is 4.98 Å². The number of aromatic nitrogens is 5. The molecule has 0 amide bonds. The van der Waals surface area contributed by atoms with Crippen LogP contribution in [-0.2, 0) is 5.75 Å². The SMILES string of the molecule is Clc1cc(CSc2ncnc3nc[nH]c23)ccn1. The van der Waals surface area contributed by atoms with Gasteiger partial charge in [0.25, 0.3) is 0 Å². The highest BCUT2D eigenvalue weighted by atomic mass is 35.5. The van der Waals surface area contributed by atoms with Gasteiger partial charge >= 0.3 is 0 Å². The minimum atomic E-state index is 0.502. The molecule has 0 aromatic carbocycles. The Morgan fingerprint density at radius 3 is 3.06 bits per heavy atom. The van der Waals surface area contributed by atoms with E-state index in [0.29, 0.717) is 10.8 Å². The zero-order chi connectivity index (χ0) is 12.4. The topological polar surface area (TPSA) is 67.3 Å². The Labute approximate surface area is 112 Å². The van der Waals surface area contributed by atoms with Crippen LogP contribution < -0.4 is 0 Å². The molecule has 3 heterocycles. The predicted octanol–water partition coefficient (Wildman–Crippen LogP) is 2.69. The van der Waals surface area contributed by atoms with Gasteiger partial charge in [0.05, 0.1) is 6.33 Å². The van der Waals surface area contributed by atoms with Crippen LogP contribution in [-0.4, -0.2) is 24.9 Å². The Balaban J connectivity index is 1.83. The number of nitrogens with one attached hydrogen (secondary N) is 1. The zero-order valence-electron chi connectivity index (χ0n) is 9.17. The number of rotatable bonds is 3. The molecular formula is C11H8ClN5S. The van der Waals surface area contributed by atoms with E-state index < -0.39 is 0 Å². The van der Waals surface area contributed by atoms with Gasteiger partial charge in [-0.05, 0) is 17.7 Å². The molecular weight excluding hydrogens is 270 g/mol. The third-order valence-corrected chi connectivity index (χ3v) is 3.62. The Bertz CT molecular complexity index is 684. The summed E-state index contributed by atoms with van der Waals surface area (Å²) in [6.45, 7) is 0. The molecule has 18 heavy (non-hydrogen) atoms. The van der Waals surface area contributed by atoms with Crippen molar-refractivity contribution >= 4 is 34.5 Å². The first kappa shape index (κ1) is 11.4. The highest BCUT2D eigenvalue weighted by molar-refractivity contribution is 7.98. The normalized spacial score (nSPS) is 10.9. The van der Waals surface area contributed by atoms with Crippen molar-refractivity contribution < 1.29 is 0 Å². The Morgan fingerprint density at radius 1 is 1.22 bits per heavy atom. The minimum absolute atomic E-state index is 0.502. The van der Waals surface area contributed by atoms with E-state index in [1.807, 2.05) is 12.1 Å². The van der Waals surface area contributed by atoms with Gasteiger partial charge in [-0.3, -0.25) is 0 Å². The van der Waals surface area contributed by atoms with Gasteiger partial charge in [0.15, 0.2) is 5.65 Å². The molecule has 0 bridgehead atoms. The molecule has 3 aromatic heterocycles. The first-order valence-corrected chi connectivity index (χ1v) is 6.56. The van der Waals surface area contributed by atoms with E-state index in [1.54, 1.807) is 24.3 Å². The van der Waals surface area contributed by atoms with Crippen molar-refractivity contribution in [3.63, 3.8) is 0 Å². The number of thioether (sulfide) groups is 1. The van der Waals surface area contributed by atoms with Crippen LogP contribution in [0.15, 0.2) is 36.0 Å². The van der Waals surface area contributed by atoms with E-state index in [4.69, 9.17) is 11.6 Å². The average molecular weight is 278 g/mol. The van der Waals surface area contributed by atoms with Gasteiger partial charge in [0.2, 0.25) is 0 Å². The highest BCUT2D eigenvalue weighted by Crippen LogP contribution is 2.25. The number of hydrogen-bond acceptors (Lipinski definition) is 5. The number of imidazole rings is 1. The molecule has 0 aliphatic heterocycles. The fourth-order valence-electron chi connectivity index (χ4n) is 1.54. The van der Waals surface area contributed by atoms with Crippen LogP contribution in [0.4, 0.5) is 0 Å². The number of pyridine rings is 1. The minimum Gasteiger partial charge on any atom is -0.341 e. The standard InChI is InChI=1S/C11H8ClN5S/c12-8-3-7(1-2-13-8)4-18-11-9-10(15-5-14-9)16-6-17-11/h1-3,5-6H,4H2,(H,14,15,16,17). The van der Waals surface area contributed by atoms with Crippen molar-refractivity contribution in [1.29, 1.82) is 0 Å². The van der Waals surface area contributed by atoms with Crippen LogP contribution in [0.25, 0.3) is 11.2 Å². The summed E-state index contributed by atoms with van der Waals surface area (Å²) in [7, 11) is 0. The molecule has 7 heteroatoms. The molecule has 0 spiro atoms. The van der Waals surface area contributed by atoms with Crippen molar-refractivity contribution in [3.8, 4) is 0 Å². The number of halogens is 1. The number of hydrogen-bond donors (Lipinski definition) is 1. The van der Waals surface area contributed by atoms with Crippen LogP contribution in [0, 0.1) is 0 Å². The molecule has 0 saturated heterocycles. The van der Waals surface area contributed by atoms with Crippen LogP contribution in [0.3, 0.4) is 0 Å². The molecule has 0 aliphatic carbocycles. The molecule has 90 valence electrons. The molecule has 0 radical (unpaired) electrons. The monoisotopic (exact) mass is 277 g/mol. The summed E-state index contributed by atoms with van der Waals surface area (Å²) < 4.78 is 0. The molecule has 0 saturated carbocycles. The van der Waals surface area contributed by atoms with Crippen molar-refractivity contribution in [2.75, 3.05) is 0 Å². The van der Waals surface area contributed by atoms with E-state index in [-0.39, 0.29) is 0 Å². The van der Waals surface area contributed by atoms with Gasteiger partial charge in [-0.2, -0.15) is 0 Å². The second kappa shape index (κ2) is 4.91. The summed E-state index contributed by atoms with van der Waals surface area (Å²) in [5, 5.41) is 1.38. The molecule has 3 rings (SSSR count). The lowest BCUT2D eigenvalue weighted by molar-refractivity contribution is 1.08. The number of aromatic amines is 1. The fourth-order valence-corrected chi connectivity index (χ4v) is 2.63. The maximum Gasteiger partial charge on any atom is 0.181 e. The number of nitrogens with zero attached hydrogens (tertiary/aromatic N) is 4. The van der Waals surface area contributed by atoms with E-state index in [2.05, 4.69) is 24.9 Å². The summed E-state index contributed by atoms with van der Waals surface area (Å²) in [5.74, 6) is 0.771. The summed E-state index contributed by atoms with van der Waals surface area (Å²) in [6, 6.07) is 3.78. The van der Waals surface area contributed by atoms with E-state index in [1.165, 1.54) is 6.33 Å². The van der Waals surface area contributed by atoms with Crippen LogP contribution >= 0.6 is 23.4 Å². The molecule has 1 N–H and O–H groups in total. The Kier molecular flexibility index (Phi) is 3.12. The quantitative estimate of drug-likeness (QED) is 0.453. The van der Waals surface area contributed by atoms with Gasteiger partial charge in [-0.25, -0.2) is 19.9 Å². The van der Waals surface area contributed by atoms with E-state index >= 15 is 0 Å². The lowest BCUT2D eigenvalue weighted by Gasteiger charge is -2.02. The van der Waals surface area contributed by atoms with Crippen LogP contribution in [0.1, 0.15) is 5.56 Å². The largest absolute Gasteiger partial charge is 0.341 e. The van der Waals surface area contributed by atoms with E-state index in [9.17, 15) is 0 Å². The zero-order valence-corrected chi connectivity index (χ0v) is 10.7. The molecule has 0 fully saturated rings. The van der Waals surface area contributed by atoms with Crippen molar-refractivity contribution in [2.45, 2.75) is 10.8 Å². The van der Waals surface area contributed by atoms with Crippen molar-refractivity contribution in [2.24, 2.45) is 0 Å². The highest BCUT2D eigenvalue weighted by Gasteiger charge is 2.06. The summed E-state index contributed by atoms with van der Waals surface area (Å²) in [5.41, 5.74) is 2.65. The molecule has 3 aromatic rings. The van der Waals surface area contributed by atoms with Gasteiger partial charge in [-0.1, -0.05) is 23.4 Å². The third kappa shape index (κ3) is 2.30. The average Bonchev–Trinajstić information content (AvgIpc) is 2.85. The smallest absolute Gasteiger partial charge is 0.181 e. The fraction of sp³-hybridized carbons (Fsp3) is 0.0909. The first-order valence-electron chi connectivity index (χ1n) is 5.20. The second-order valence-electron chi connectivity index (χ2n) is 3.56. The second-order valence-corrected chi connectivity index (χ2v) is 4.91. The van der Waals surface area contributed by atoms with Crippen LogP contribution in [0.2, 0.25) is 5.15 Å². The maximum atomic E-state index is 5.84. The van der Waals surface area contributed by atoms with Gasteiger partial charge in [-0.15, -0.1) is 0 Å². The van der Waals surface area contributed by atoms with Crippen molar-refractivity contribution in [1.82, 2.24) is 24.9 Å². The number of H-pyrrole nitrogens is 1. The summed E-state index contributed by atoms with van der Waals surface area (Å²) in [4.78, 5) is 19.4. The number of fused-ring (bicyclic) bond motifs is 1. The first-order chi connectivity index (χ1) is 8.83. The lowest BCUT2D eigenvalue weighted by atomic mass is 10.3. The maximum absolute atomic E-state index is 5.84.